The van der Waals surface area contributed by atoms with Crippen LogP contribution in [-0.4, -0.2) is 21.8 Å². The zero-order valence-electron chi connectivity index (χ0n) is 11.2. The smallest absolute Gasteiger partial charge is 0.307 e. The van der Waals surface area contributed by atoms with E-state index in [2.05, 4.69) is 15.9 Å². The maximum absolute atomic E-state index is 12.5. The van der Waals surface area contributed by atoms with E-state index < -0.39 is 10.9 Å². The Bertz CT molecular complexity index is 755. The number of halogens is 1. The van der Waals surface area contributed by atoms with E-state index in [0.717, 1.165) is 0 Å². The van der Waals surface area contributed by atoms with E-state index in [1.807, 2.05) is 0 Å². The molecule has 0 bridgehead atoms. The lowest BCUT2D eigenvalue weighted by Crippen LogP contribution is -2.09. The van der Waals surface area contributed by atoms with Crippen molar-refractivity contribution in [3.05, 3.63) is 73.7 Å². The minimum Gasteiger partial charge on any atom is -0.481 e. The highest BCUT2D eigenvalue weighted by atomic mass is 79.9. The molecule has 0 aromatic heterocycles. The summed E-state index contributed by atoms with van der Waals surface area (Å²) >= 11 is 3.25. The Morgan fingerprint density at radius 3 is 2.32 bits per heavy atom. The third-order valence-electron chi connectivity index (χ3n) is 3.00. The molecule has 2 aromatic carbocycles. The summed E-state index contributed by atoms with van der Waals surface area (Å²) in [5, 5.41) is 19.5. The van der Waals surface area contributed by atoms with Crippen LogP contribution in [0.1, 0.15) is 21.5 Å². The van der Waals surface area contributed by atoms with Gasteiger partial charge in [-0.25, -0.2) is 0 Å². The van der Waals surface area contributed by atoms with Crippen molar-refractivity contribution in [2.75, 3.05) is 0 Å². The highest BCUT2D eigenvalue weighted by molar-refractivity contribution is 9.10. The van der Waals surface area contributed by atoms with Crippen molar-refractivity contribution in [1.29, 1.82) is 0 Å². The first-order chi connectivity index (χ1) is 10.4. The van der Waals surface area contributed by atoms with Gasteiger partial charge in [0.25, 0.3) is 5.69 Å². The van der Waals surface area contributed by atoms with Crippen molar-refractivity contribution in [2.45, 2.75) is 6.42 Å². The Labute approximate surface area is 133 Å². The highest BCUT2D eigenvalue weighted by Gasteiger charge is 2.17. The third-order valence-corrected chi connectivity index (χ3v) is 3.49. The standard InChI is InChI=1S/C15H10BrNO5/c16-11-4-1-10(7-14(18)19)13(8-11)15(20)9-2-5-12(6-3-9)17(21)22/h1-6,8H,7H2,(H,18,19). The molecule has 0 radical (unpaired) electrons. The van der Waals surface area contributed by atoms with Crippen molar-refractivity contribution in [3.63, 3.8) is 0 Å². The van der Waals surface area contributed by atoms with Crippen molar-refractivity contribution in [3.8, 4) is 0 Å². The lowest BCUT2D eigenvalue weighted by molar-refractivity contribution is -0.384. The van der Waals surface area contributed by atoms with E-state index in [9.17, 15) is 19.7 Å². The van der Waals surface area contributed by atoms with Crippen LogP contribution in [-0.2, 0) is 11.2 Å². The average molecular weight is 364 g/mol. The molecule has 0 aliphatic carbocycles. The van der Waals surface area contributed by atoms with Gasteiger partial charge in [-0.1, -0.05) is 22.0 Å². The predicted molar refractivity (Wildman–Crippen MR) is 82.0 cm³/mol. The van der Waals surface area contributed by atoms with Crippen LogP contribution in [0.3, 0.4) is 0 Å². The molecule has 112 valence electrons. The van der Waals surface area contributed by atoms with Crippen molar-refractivity contribution >= 4 is 33.4 Å². The second-order valence-electron chi connectivity index (χ2n) is 4.51. The number of aliphatic carboxylic acids is 1. The van der Waals surface area contributed by atoms with Gasteiger partial charge in [0.15, 0.2) is 5.78 Å². The van der Waals surface area contributed by atoms with Crippen LogP contribution in [0.25, 0.3) is 0 Å². The first-order valence-corrected chi connectivity index (χ1v) is 6.97. The summed E-state index contributed by atoms with van der Waals surface area (Å²) in [6.07, 6.45) is -0.276. The summed E-state index contributed by atoms with van der Waals surface area (Å²) < 4.78 is 0.645. The fourth-order valence-electron chi connectivity index (χ4n) is 1.97. The molecule has 22 heavy (non-hydrogen) atoms. The molecule has 0 aliphatic rings. The second kappa shape index (κ2) is 6.48. The number of rotatable bonds is 5. The Morgan fingerprint density at radius 1 is 1.14 bits per heavy atom. The zero-order valence-corrected chi connectivity index (χ0v) is 12.7. The molecule has 0 heterocycles. The van der Waals surface area contributed by atoms with Crippen LogP contribution >= 0.6 is 15.9 Å². The number of nitro benzene ring substituents is 1. The lowest BCUT2D eigenvalue weighted by atomic mass is 9.96. The zero-order chi connectivity index (χ0) is 16.3. The highest BCUT2D eigenvalue weighted by Crippen LogP contribution is 2.22. The maximum Gasteiger partial charge on any atom is 0.307 e. The van der Waals surface area contributed by atoms with Gasteiger partial charge in [-0.05, 0) is 29.8 Å². The fraction of sp³-hybridized carbons (Fsp3) is 0.0667. The van der Waals surface area contributed by atoms with Crippen LogP contribution in [0.5, 0.6) is 0 Å². The summed E-state index contributed by atoms with van der Waals surface area (Å²) in [7, 11) is 0. The van der Waals surface area contributed by atoms with Gasteiger partial charge in [0.05, 0.1) is 11.3 Å². The molecular weight excluding hydrogens is 354 g/mol. The first-order valence-electron chi connectivity index (χ1n) is 6.18. The molecule has 0 aliphatic heterocycles. The van der Waals surface area contributed by atoms with Gasteiger partial charge >= 0.3 is 5.97 Å². The Morgan fingerprint density at radius 2 is 1.77 bits per heavy atom. The van der Waals surface area contributed by atoms with Gasteiger partial charge in [-0.3, -0.25) is 19.7 Å². The van der Waals surface area contributed by atoms with E-state index in [0.29, 0.717) is 10.0 Å². The Balaban J connectivity index is 2.41. The summed E-state index contributed by atoms with van der Waals surface area (Å²) in [5.74, 6) is -1.42. The predicted octanol–water partition coefficient (Wildman–Crippen LogP) is 3.22. The van der Waals surface area contributed by atoms with E-state index >= 15 is 0 Å². The number of carboxylic acids is 1. The molecule has 2 rings (SSSR count). The van der Waals surface area contributed by atoms with Crippen molar-refractivity contribution in [2.24, 2.45) is 0 Å². The molecule has 7 heteroatoms. The molecule has 0 spiro atoms. The number of hydrogen-bond acceptors (Lipinski definition) is 4. The van der Waals surface area contributed by atoms with E-state index in [1.54, 1.807) is 18.2 Å². The van der Waals surface area contributed by atoms with E-state index in [4.69, 9.17) is 5.11 Å². The number of nitrogens with zero attached hydrogens (tertiary/aromatic N) is 1. The maximum atomic E-state index is 12.5. The molecule has 0 saturated heterocycles. The van der Waals surface area contributed by atoms with Gasteiger partial charge in [-0.15, -0.1) is 0 Å². The molecular formula is C15H10BrNO5. The van der Waals surface area contributed by atoms with Crippen molar-refractivity contribution in [1.82, 2.24) is 0 Å². The lowest BCUT2D eigenvalue weighted by Gasteiger charge is -2.08. The molecule has 0 unspecified atom stereocenters. The topological polar surface area (TPSA) is 97.5 Å². The number of non-ortho nitro benzene ring substituents is 1. The summed E-state index contributed by atoms with van der Waals surface area (Å²) in [6.45, 7) is 0. The summed E-state index contributed by atoms with van der Waals surface area (Å²) in [6, 6.07) is 9.95. The monoisotopic (exact) mass is 363 g/mol. The minimum absolute atomic E-state index is 0.114. The number of benzene rings is 2. The number of ketones is 1. The fourth-order valence-corrected chi connectivity index (χ4v) is 2.33. The summed E-state index contributed by atoms with van der Waals surface area (Å²) in [5.41, 5.74) is 0.788. The Hall–Kier alpha value is -2.54. The minimum atomic E-state index is -1.04. The van der Waals surface area contributed by atoms with Crippen LogP contribution in [0, 0.1) is 10.1 Å². The SMILES string of the molecule is O=C(O)Cc1ccc(Br)cc1C(=O)c1ccc([N+](=O)[O-])cc1. The van der Waals surface area contributed by atoms with E-state index in [1.165, 1.54) is 24.3 Å². The average Bonchev–Trinajstić information content (AvgIpc) is 2.48. The quantitative estimate of drug-likeness (QED) is 0.499. The first kappa shape index (κ1) is 15.8. The van der Waals surface area contributed by atoms with Gasteiger partial charge in [-0.2, -0.15) is 0 Å². The third kappa shape index (κ3) is 3.56. The van der Waals surface area contributed by atoms with Gasteiger partial charge in [0, 0.05) is 27.7 Å². The molecule has 0 atom stereocenters. The number of carboxylic acid groups (broad SMARTS) is 1. The Kier molecular flexibility index (Phi) is 4.67. The number of hydrogen-bond donors (Lipinski definition) is 1. The molecule has 1 N–H and O–H groups in total. The van der Waals surface area contributed by atoms with Crippen LogP contribution in [0.2, 0.25) is 0 Å². The summed E-state index contributed by atoms with van der Waals surface area (Å²) in [4.78, 5) is 33.5. The number of carbonyl (C=O) groups excluding carboxylic acids is 1. The van der Waals surface area contributed by atoms with E-state index in [-0.39, 0.29) is 29.0 Å². The van der Waals surface area contributed by atoms with Gasteiger partial charge in [0.2, 0.25) is 0 Å². The largest absolute Gasteiger partial charge is 0.481 e. The van der Waals surface area contributed by atoms with Crippen molar-refractivity contribution < 1.29 is 19.6 Å². The van der Waals surface area contributed by atoms with Crippen LogP contribution in [0.15, 0.2) is 46.9 Å². The molecule has 6 nitrogen and oxygen atoms in total. The van der Waals surface area contributed by atoms with Crippen LogP contribution < -0.4 is 0 Å². The van der Waals surface area contributed by atoms with Crippen LogP contribution in [0.4, 0.5) is 5.69 Å². The second-order valence-corrected chi connectivity index (χ2v) is 5.42. The van der Waals surface area contributed by atoms with Gasteiger partial charge < -0.3 is 5.11 Å². The molecule has 2 aromatic rings. The molecule has 0 amide bonds. The number of carbonyl (C=O) groups is 2. The normalized spacial score (nSPS) is 10.2. The van der Waals surface area contributed by atoms with Gasteiger partial charge in [0.1, 0.15) is 0 Å². The molecule has 0 saturated carbocycles. The molecule has 0 fully saturated rings. The number of nitro groups is 1.